The van der Waals surface area contributed by atoms with Gasteiger partial charge in [0.2, 0.25) is 0 Å². The summed E-state index contributed by atoms with van der Waals surface area (Å²) < 4.78 is 8.85. The van der Waals surface area contributed by atoms with Gasteiger partial charge in [-0.3, -0.25) is 4.79 Å². The van der Waals surface area contributed by atoms with Gasteiger partial charge in [0.1, 0.15) is 10.6 Å². The van der Waals surface area contributed by atoms with Crippen LogP contribution in [0.25, 0.3) is 11.1 Å². The van der Waals surface area contributed by atoms with Crippen LogP contribution in [0.5, 0.6) is 0 Å². The first-order valence-corrected chi connectivity index (χ1v) is 9.25. The van der Waals surface area contributed by atoms with Crippen LogP contribution in [0, 0.1) is 6.92 Å². The van der Waals surface area contributed by atoms with Gasteiger partial charge in [0.05, 0.1) is 6.61 Å². The Morgan fingerprint density at radius 3 is 2.60 bits per heavy atom. The normalized spacial score (nSPS) is 10.5. The zero-order chi connectivity index (χ0) is 17.8. The summed E-state index contributed by atoms with van der Waals surface area (Å²) in [5.74, 6) is -0.873. The minimum atomic E-state index is -0.467. The van der Waals surface area contributed by atoms with Gasteiger partial charge >= 0.3 is 5.97 Å². The molecule has 2 aromatic heterocycles. The van der Waals surface area contributed by atoms with E-state index in [-0.39, 0.29) is 12.3 Å². The number of hydrogen-bond acceptors (Lipinski definition) is 7. The number of amides is 1. The SMILES string of the molecule is CCOC(=O)c1c(-c2ccc(C)cc2)csc1NC(=O)c1csnn1. The Morgan fingerprint density at radius 1 is 1.20 bits per heavy atom. The molecule has 0 spiro atoms. The van der Waals surface area contributed by atoms with Crippen LogP contribution in [0.2, 0.25) is 0 Å². The van der Waals surface area contributed by atoms with Crippen LogP contribution in [0.3, 0.4) is 0 Å². The molecule has 0 aliphatic rings. The van der Waals surface area contributed by atoms with Crippen molar-refractivity contribution in [2.24, 2.45) is 0 Å². The zero-order valence-corrected chi connectivity index (χ0v) is 15.2. The van der Waals surface area contributed by atoms with E-state index in [0.29, 0.717) is 10.6 Å². The molecule has 25 heavy (non-hydrogen) atoms. The molecule has 0 radical (unpaired) electrons. The monoisotopic (exact) mass is 373 g/mol. The molecule has 0 aliphatic carbocycles. The van der Waals surface area contributed by atoms with Gasteiger partial charge in [0.15, 0.2) is 5.69 Å². The van der Waals surface area contributed by atoms with Gasteiger partial charge in [-0.05, 0) is 30.9 Å². The van der Waals surface area contributed by atoms with E-state index in [0.717, 1.165) is 28.2 Å². The number of carbonyl (C=O) groups excluding carboxylic acids is 2. The molecule has 2 heterocycles. The third-order valence-corrected chi connectivity index (χ3v) is 4.85. The van der Waals surface area contributed by atoms with E-state index in [9.17, 15) is 9.59 Å². The summed E-state index contributed by atoms with van der Waals surface area (Å²) in [4.78, 5) is 24.7. The van der Waals surface area contributed by atoms with Gasteiger partial charge < -0.3 is 10.1 Å². The van der Waals surface area contributed by atoms with Crippen molar-refractivity contribution < 1.29 is 14.3 Å². The van der Waals surface area contributed by atoms with Crippen molar-refractivity contribution in [1.29, 1.82) is 0 Å². The first kappa shape index (κ1) is 17.2. The summed E-state index contributed by atoms with van der Waals surface area (Å²) in [7, 11) is 0. The van der Waals surface area contributed by atoms with Crippen LogP contribution < -0.4 is 5.32 Å². The molecule has 0 saturated carbocycles. The van der Waals surface area contributed by atoms with Crippen LogP contribution in [0.1, 0.15) is 33.3 Å². The van der Waals surface area contributed by atoms with Crippen LogP contribution in [-0.4, -0.2) is 28.1 Å². The summed E-state index contributed by atoms with van der Waals surface area (Å²) in [5, 5.41) is 10.3. The minimum absolute atomic E-state index is 0.213. The number of nitrogens with one attached hydrogen (secondary N) is 1. The van der Waals surface area contributed by atoms with Gasteiger partial charge in [-0.15, -0.1) is 16.4 Å². The Balaban J connectivity index is 1.99. The van der Waals surface area contributed by atoms with Crippen molar-refractivity contribution in [2.45, 2.75) is 13.8 Å². The van der Waals surface area contributed by atoms with Crippen molar-refractivity contribution in [3.05, 3.63) is 51.8 Å². The minimum Gasteiger partial charge on any atom is -0.462 e. The van der Waals surface area contributed by atoms with Gasteiger partial charge in [0, 0.05) is 16.3 Å². The summed E-state index contributed by atoms with van der Waals surface area (Å²) in [5.41, 5.74) is 3.31. The van der Waals surface area contributed by atoms with Crippen molar-refractivity contribution >= 4 is 39.7 Å². The van der Waals surface area contributed by atoms with E-state index in [1.54, 1.807) is 12.3 Å². The molecule has 0 bridgehead atoms. The Labute approximate surface area is 152 Å². The van der Waals surface area contributed by atoms with Crippen LogP contribution in [0.15, 0.2) is 35.0 Å². The fraction of sp³-hybridized carbons (Fsp3) is 0.176. The molecule has 8 heteroatoms. The first-order chi connectivity index (χ1) is 12.1. The fourth-order valence-electron chi connectivity index (χ4n) is 2.23. The number of rotatable bonds is 5. The van der Waals surface area contributed by atoms with E-state index in [1.165, 1.54) is 11.3 Å². The second-order valence-corrected chi connectivity index (χ2v) is 6.67. The number of anilines is 1. The molecule has 3 rings (SSSR count). The number of hydrogen-bond donors (Lipinski definition) is 1. The van der Waals surface area contributed by atoms with E-state index in [4.69, 9.17) is 4.74 Å². The summed E-state index contributed by atoms with van der Waals surface area (Å²) in [6.45, 7) is 4.00. The maximum Gasteiger partial charge on any atom is 0.341 e. The van der Waals surface area contributed by atoms with Crippen molar-refractivity contribution in [3.8, 4) is 11.1 Å². The smallest absolute Gasteiger partial charge is 0.341 e. The molecule has 0 atom stereocenters. The van der Waals surface area contributed by atoms with Crippen molar-refractivity contribution in [3.63, 3.8) is 0 Å². The van der Waals surface area contributed by atoms with E-state index in [2.05, 4.69) is 14.9 Å². The molecule has 6 nitrogen and oxygen atoms in total. The first-order valence-electron chi connectivity index (χ1n) is 7.54. The van der Waals surface area contributed by atoms with E-state index in [1.807, 2.05) is 36.6 Å². The summed E-state index contributed by atoms with van der Waals surface area (Å²) in [6.07, 6.45) is 0. The maximum atomic E-state index is 12.5. The average molecular weight is 373 g/mol. The number of esters is 1. The molecule has 0 fully saturated rings. The van der Waals surface area contributed by atoms with Crippen LogP contribution >= 0.6 is 22.9 Å². The van der Waals surface area contributed by atoms with Crippen LogP contribution in [-0.2, 0) is 4.74 Å². The molecule has 1 aromatic carbocycles. The third-order valence-electron chi connectivity index (χ3n) is 3.45. The number of aromatic nitrogens is 2. The topological polar surface area (TPSA) is 81.2 Å². The summed E-state index contributed by atoms with van der Waals surface area (Å²) in [6, 6.07) is 7.83. The van der Waals surface area contributed by atoms with Gasteiger partial charge in [-0.1, -0.05) is 34.3 Å². The molecule has 0 aliphatic heterocycles. The van der Waals surface area contributed by atoms with Crippen LogP contribution in [0.4, 0.5) is 5.00 Å². The molecule has 1 amide bonds. The number of ether oxygens (including phenoxy) is 1. The Morgan fingerprint density at radius 2 is 1.96 bits per heavy atom. The maximum absolute atomic E-state index is 12.5. The second-order valence-electron chi connectivity index (χ2n) is 5.18. The number of thiophene rings is 1. The molecular weight excluding hydrogens is 358 g/mol. The van der Waals surface area contributed by atoms with Gasteiger partial charge in [-0.2, -0.15) is 0 Å². The lowest BCUT2D eigenvalue weighted by Crippen LogP contribution is -2.15. The Kier molecular flexibility index (Phi) is 5.20. The predicted molar refractivity (Wildman–Crippen MR) is 98.3 cm³/mol. The highest BCUT2D eigenvalue weighted by Gasteiger charge is 2.23. The van der Waals surface area contributed by atoms with E-state index < -0.39 is 11.9 Å². The number of nitrogens with zero attached hydrogens (tertiary/aromatic N) is 2. The highest BCUT2D eigenvalue weighted by molar-refractivity contribution is 7.15. The highest BCUT2D eigenvalue weighted by Crippen LogP contribution is 2.36. The Bertz CT molecular complexity index is 887. The molecule has 128 valence electrons. The number of aryl methyl sites for hydroxylation is 1. The largest absolute Gasteiger partial charge is 0.462 e. The van der Waals surface area contributed by atoms with E-state index >= 15 is 0 Å². The molecular formula is C17H15N3O3S2. The second kappa shape index (κ2) is 7.54. The highest BCUT2D eigenvalue weighted by atomic mass is 32.1. The van der Waals surface area contributed by atoms with Gasteiger partial charge in [-0.25, -0.2) is 4.79 Å². The summed E-state index contributed by atoms with van der Waals surface area (Å²) >= 11 is 2.37. The van der Waals surface area contributed by atoms with Gasteiger partial charge in [0.25, 0.3) is 5.91 Å². The molecule has 0 saturated heterocycles. The molecule has 1 N–H and O–H groups in total. The quantitative estimate of drug-likeness (QED) is 0.684. The lowest BCUT2D eigenvalue weighted by molar-refractivity contribution is 0.0529. The number of benzene rings is 1. The number of carbonyl (C=O) groups is 2. The zero-order valence-electron chi connectivity index (χ0n) is 13.6. The molecule has 3 aromatic rings. The average Bonchev–Trinajstić information content (AvgIpc) is 3.25. The molecule has 0 unspecified atom stereocenters. The lowest BCUT2D eigenvalue weighted by Gasteiger charge is -2.08. The van der Waals surface area contributed by atoms with Crippen molar-refractivity contribution in [1.82, 2.24) is 9.59 Å². The predicted octanol–water partition coefficient (Wildman–Crippen LogP) is 4.00. The lowest BCUT2D eigenvalue weighted by atomic mass is 10.0. The Hall–Kier alpha value is -2.58. The standard InChI is InChI=1S/C17H15N3O3S2/c1-3-23-17(22)14-12(11-6-4-10(2)5-7-11)8-24-16(14)18-15(21)13-9-25-20-19-13/h4-9H,3H2,1-2H3,(H,18,21). The fourth-order valence-corrected chi connectivity index (χ4v) is 3.62. The van der Waals surface area contributed by atoms with Crippen molar-refractivity contribution in [2.75, 3.05) is 11.9 Å². The third kappa shape index (κ3) is 3.75.